The summed E-state index contributed by atoms with van der Waals surface area (Å²) in [6.07, 6.45) is 3.10. The molecule has 1 aliphatic rings. The average molecular weight is 299 g/mol. The summed E-state index contributed by atoms with van der Waals surface area (Å²) in [7, 11) is -3.17. The van der Waals surface area contributed by atoms with Gasteiger partial charge in [0.15, 0.2) is 0 Å². The highest BCUT2D eigenvalue weighted by atomic mass is 28.4. The van der Waals surface area contributed by atoms with Crippen molar-refractivity contribution in [1.82, 2.24) is 0 Å². The van der Waals surface area contributed by atoms with Gasteiger partial charge in [-0.05, 0) is 57.7 Å². The van der Waals surface area contributed by atoms with Gasteiger partial charge in [-0.3, -0.25) is 0 Å². The van der Waals surface area contributed by atoms with E-state index >= 15 is 0 Å². The Kier molecular flexibility index (Phi) is 5.12. The van der Waals surface area contributed by atoms with Gasteiger partial charge >= 0.3 is 0 Å². The van der Waals surface area contributed by atoms with E-state index in [4.69, 9.17) is 8.85 Å². The molecule has 0 saturated heterocycles. The Balaban J connectivity index is 3.11. The van der Waals surface area contributed by atoms with E-state index in [1.807, 2.05) is 0 Å². The Morgan fingerprint density at radius 3 is 1.74 bits per heavy atom. The van der Waals surface area contributed by atoms with Crippen LogP contribution in [0.25, 0.3) is 0 Å². The van der Waals surface area contributed by atoms with Crippen molar-refractivity contribution in [2.45, 2.75) is 72.4 Å². The van der Waals surface area contributed by atoms with E-state index in [1.54, 1.807) is 0 Å². The van der Waals surface area contributed by atoms with Gasteiger partial charge in [0.1, 0.15) is 11.5 Å². The highest BCUT2D eigenvalue weighted by Gasteiger charge is 2.31. The molecule has 4 heteroatoms. The predicted octanol–water partition coefficient (Wildman–Crippen LogP) is 5.42. The Labute approximate surface area is 121 Å². The Morgan fingerprint density at radius 2 is 1.37 bits per heavy atom. The molecule has 0 aromatic carbocycles. The second-order valence-electron chi connectivity index (χ2n) is 7.15. The van der Waals surface area contributed by atoms with E-state index in [9.17, 15) is 0 Å². The lowest BCUT2D eigenvalue weighted by Gasteiger charge is -2.26. The minimum atomic E-state index is -1.60. The van der Waals surface area contributed by atoms with E-state index in [1.165, 1.54) is 11.1 Å². The second-order valence-corrected chi connectivity index (χ2v) is 16.0. The van der Waals surface area contributed by atoms with E-state index in [0.717, 1.165) is 30.8 Å². The highest BCUT2D eigenvalue weighted by Crippen LogP contribution is 2.39. The van der Waals surface area contributed by atoms with Crippen LogP contribution >= 0.6 is 0 Å². The van der Waals surface area contributed by atoms with Gasteiger partial charge in [0, 0.05) is 6.42 Å². The van der Waals surface area contributed by atoms with Crippen molar-refractivity contribution in [3.63, 3.8) is 0 Å². The molecule has 0 aromatic heterocycles. The van der Waals surface area contributed by atoms with Crippen LogP contribution in [-0.2, 0) is 8.85 Å². The predicted molar refractivity (Wildman–Crippen MR) is 88.1 cm³/mol. The van der Waals surface area contributed by atoms with Crippen molar-refractivity contribution in [2.24, 2.45) is 0 Å². The molecule has 0 heterocycles. The lowest BCUT2D eigenvalue weighted by atomic mass is 10.1. The van der Waals surface area contributed by atoms with Gasteiger partial charge in [-0.25, -0.2) is 0 Å². The van der Waals surface area contributed by atoms with Crippen LogP contribution in [-0.4, -0.2) is 16.6 Å². The van der Waals surface area contributed by atoms with Gasteiger partial charge in [-0.1, -0.05) is 19.4 Å². The van der Waals surface area contributed by atoms with Crippen LogP contribution in [0.3, 0.4) is 0 Å². The Bertz CT molecular complexity index is 395. The average Bonchev–Trinajstić information content (AvgIpc) is 2.51. The van der Waals surface area contributed by atoms with Crippen LogP contribution in [0.5, 0.6) is 0 Å². The standard InChI is InChI=1S/C15H30O2Si2/c1-9-12-11-14(16-18(3,4)5)15(13(12)10-2)17-19(6,7)8/h9-11H2,1-8H3. The number of rotatable bonds is 6. The van der Waals surface area contributed by atoms with Crippen LogP contribution in [0.15, 0.2) is 22.7 Å². The quantitative estimate of drug-likeness (QED) is 0.609. The monoisotopic (exact) mass is 298 g/mol. The topological polar surface area (TPSA) is 18.5 Å². The lowest BCUT2D eigenvalue weighted by molar-refractivity contribution is 0.348. The molecule has 0 bridgehead atoms. The summed E-state index contributed by atoms with van der Waals surface area (Å²) in [6.45, 7) is 17.9. The summed E-state index contributed by atoms with van der Waals surface area (Å²) in [5.74, 6) is 2.19. The molecule has 0 aliphatic heterocycles. The van der Waals surface area contributed by atoms with Crippen molar-refractivity contribution in [3.8, 4) is 0 Å². The maximum Gasteiger partial charge on any atom is 0.242 e. The van der Waals surface area contributed by atoms with Crippen LogP contribution in [0, 0.1) is 0 Å². The number of hydrogen-bond acceptors (Lipinski definition) is 2. The molecule has 0 saturated carbocycles. The molecule has 110 valence electrons. The highest BCUT2D eigenvalue weighted by molar-refractivity contribution is 6.70. The molecule has 0 unspecified atom stereocenters. The van der Waals surface area contributed by atoms with Crippen LogP contribution in [0.1, 0.15) is 33.1 Å². The first-order chi connectivity index (χ1) is 8.57. The molecule has 0 N–H and O–H groups in total. The second kappa shape index (κ2) is 5.87. The molecular formula is C15H30O2Si2. The molecule has 0 amide bonds. The number of allylic oxidation sites excluding steroid dienone is 2. The SMILES string of the molecule is CCC1=C(CC)C(O[Si](C)(C)C)=C(O[Si](C)(C)C)C1. The maximum absolute atomic E-state index is 6.35. The molecule has 0 aromatic rings. The van der Waals surface area contributed by atoms with E-state index in [-0.39, 0.29) is 0 Å². The lowest BCUT2D eigenvalue weighted by Crippen LogP contribution is -2.28. The first-order valence-electron chi connectivity index (χ1n) is 7.39. The molecule has 0 spiro atoms. The summed E-state index contributed by atoms with van der Waals surface area (Å²) >= 11 is 0. The zero-order chi connectivity index (χ0) is 14.8. The maximum atomic E-state index is 6.35. The van der Waals surface area contributed by atoms with Gasteiger partial charge in [0.2, 0.25) is 16.6 Å². The molecule has 1 aliphatic carbocycles. The third-order valence-electron chi connectivity index (χ3n) is 2.95. The van der Waals surface area contributed by atoms with Crippen molar-refractivity contribution in [3.05, 3.63) is 22.7 Å². The van der Waals surface area contributed by atoms with Gasteiger partial charge in [0.25, 0.3) is 0 Å². The molecule has 19 heavy (non-hydrogen) atoms. The Morgan fingerprint density at radius 1 is 0.842 bits per heavy atom. The first-order valence-corrected chi connectivity index (χ1v) is 14.2. The summed E-state index contributed by atoms with van der Waals surface area (Å²) in [5, 5.41) is 0. The smallest absolute Gasteiger partial charge is 0.242 e. The van der Waals surface area contributed by atoms with E-state index in [2.05, 4.69) is 53.1 Å². The van der Waals surface area contributed by atoms with E-state index in [0.29, 0.717) is 0 Å². The normalized spacial score (nSPS) is 17.3. The summed E-state index contributed by atoms with van der Waals surface area (Å²) < 4.78 is 12.6. The van der Waals surface area contributed by atoms with Crippen molar-refractivity contribution < 1.29 is 8.85 Å². The van der Waals surface area contributed by atoms with Crippen LogP contribution in [0.4, 0.5) is 0 Å². The largest absolute Gasteiger partial charge is 0.544 e. The Hall–Kier alpha value is -0.486. The van der Waals surface area contributed by atoms with Crippen molar-refractivity contribution >= 4 is 16.6 Å². The summed E-state index contributed by atoms with van der Waals surface area (Å²) in [6, 6.07) is 0. The molecule has 1 rings (SSSR count). The zero-order valence-electron chi connectivity index (χ0n) is 13.9. The van der Waals surface area contributed by atoms with Crippen LogP contribution in [0.2, 0.25) is 39.3 Å². The summed E-state index contributed by atoms with van der Waals surface area (Å²) in [5.41, 5.74) is 2.90. The third kappa shape index (κ3) is 4.84. The fourth-order valence-electron chi connectivity index (χ4n) is 2.34. The van der Waals surface area contributed by atoms with Gasteiger partial charge in [-0.2, -0.15) is 0 Å². The van der Waals surface area contributed by atoms with Crippen LogP contribution < -0.4 is 0 Å². The number of hydrogen-bond donors (Lipinski definition) is 0. The minimum absolute atomic E-state index is 0.962. The van der Waals surface area contributed by atoms with E-state index < -0.39 is 16.6 Å². The van der Waals surface area contributed by atoms with Gasteiger partial charge in [0.05, 0.1) is 0 Å². The molecule has 0 fully saturated rings. The van der Waals surface area contributed by atoms with Gasteiger partial charge in [-0.15, -0.1) is 0 Å². The third-order valence-corrected chi connectivity index (χ3v) is 4.62. The minimum Gasteiger partial charge on any atom is -0.544 e. The van der Waals surface area contributed by atoms with Gasteiger partial charge < -0.3 is 8.85 Å². The van der Waals surface area contributed by atoms with Crippen molar-refractivity contribution in [2.75, 3.05) is 0 Å². The molecule has 0 radical (unpaired) electrons. The molecule has 0 atom stereocenters. The molecule has 2 nitrogen and oxygen atoms in total. The molecular weight excluding hydrogens is 268 g/mol. The fraction of sp³-hybridized carbons (Fsp3) is 0.733. The first kappa shape index (κ1) is 16.6. The van der Waals surface area contributed by atoms with Crippen molar-refractivity contribution in [1.29, 1.82) is 0 Å². The summed E-state index contributed by atoms with van der Waals surface area (Å²) in [4.78, 5) is 0. The zero-order valence-corrected chi connectivity index (χ0v) is 15.9. The fourth-order valence-corrected chi connectivity index (χ4v) is 4.09.